The van der Waals surface area contributed by atoms with Crippen LogP contribution < -0.4 is 0 Å². The van der Waals surface area contributed by atoms with Crippen molar-refractivity contribution in [2.24, 2.45) is 22.2 Å². The number of aliphatic hydroxyl groups excluding tert-OH is 5. The molecule has 12 heteroatoms. The second kappa shape index (κ2) is 22.4. The Labute approximate surface area is 256 Å². The Hall–Kier alpha value is -2.09. The maximum Gasteiger partial charge on any atom is 0.309 e. The second-order valence-corrected chi connectivity index (χ2v) is 11.4. The smallest absolute Gasteiger partial charge is 0.309 e. The van der Waals surface area contributed by atoms with Crippen molar-refractivity contribution in [3.05, 3.63) is 12.2 Å². The third kappa shape index (κ3) is 15.0. The highest BCUT2D eigenvalue weighted by Crippen LogP contribution is 2.29. The summed E-state index contributed by atoms with van der Waals surface area (Å²) in [6.45, 7) is 6.64. The molecule has 0 aromatic rings. The first-order valence-electron chi connectivity index (χ1n) is 15.3. The van der Waals surface area contributed by atoms with Gasteiger partial charge in [-0.15, -0.1) is 0 Å². The number of rotatable bonds is 26. The van der Waals surface area contributed by atoms with Crippen LogP contribution >= 0.6 is 0 Å². The molecule has 0 radical (unpaired) electrons. The van der Waals surface area contributed by atoms with E-state index in [2.05, 4.69) is 0 Å². The molecule has 0 saturated heterocycles. The maximum absolute atomic E-state index is 13.1. The highest BCUT2D eigenvalue weighted by atomic mass is 16.5. The number of hydrogen-bond donors (Lipinski definition) is 5. The summed E-state index contributed by atoms with van der Waals surface area (Å²) in [6.07, 6.45) is 4.67. The van der Waals surface area contributed by atoms with E-state index in [0.717, 1.165) is 0 Å². The first-order valence-corrected chi connectivity index (χ1v) is 15.3. The molecule has 0 amide bonds. The van der Waals surface area contributed by atoms with Crippen LogP contribution in [0.3, 0.4) is 0 Å². The molecule has 43 heavy (non-hydrogen) atoms. The van der Waals surface area contributed by atoms with E-state index in [4.69, 9.17) is 18.9 Å². The van der Waals surface area contributed by atoms with Gasteiger partial charge in [0.15, 0.2) is 0 Å². The third-order valence-electron chi connectivity index (χ3n) is 8.37. The minimum Gasteiger partial charge on any atom is -0.465 e. The van der Waals surface area contributed by atoms with E-state index in [1.165, 1.54) is 6.08 Å². The summed E-state index contributed by atoms with van der Waals surface area (Å²) in [4.78, 5) is 38.1. The zero-order valence-corrected chi connectivity index (χ0v) is 26.6. The van der Waals surface area contributed by atoms with Crippen LogP contribution in [0.5, 0.6) is 0 Å². The van der Waals surface area contributed by atoms with Crippen LogP contribution in [-0.4, -0.2) is 110 Å². The van der Waals surface area contributed by atoms with Crippen LogP contribution in [0.25, 0.3) is 0 Å². The zero-order valence-electron chi connectivity index (χ0n) is 26.6. The molecule has 5 N–H and O–H groups in total. The Morgan fingerprint density at radius 2 is 1.14 bits per heavy atom. The van der Waals surface area contributed by atoms with Crippen LogP contribution in [0.4, 0.5) is 0 Å². The second-order valence-electron chi connectivity index (χ2n) is 11.4. The van der Waals surface area contributed by atoms with Gasteiger partial charge in [0.25, 0.3) is 0 Å². The van der Waals surface area contributed by atoms with Crippen molar-refractivity contribution in [3.8, 4) is 0 Å². The predicted octanol–water partition coefficient (Wildman–Crippen LogP) is 1.93. The average Bonchev–Trinajstić information content (AvgIpc) is 3.03. The molecule has 0 rings (SSSR count). The molecular weight excluding hydrogens is 564 g/mol. The quantitative estimate of drug-likeness (QED) is 0.0538. The van der Waals surface area contributed by atoms with Gasteiger partial charge in [0.2, 0.25) is 0 Å². The van der Waals surface area contributed by atoms with E-state index in [9.17, 15) is 39.9 Å². The van der Waals surface area contributed by atoms with Gasteiger partial charge in [-0.05, 0) is 45.4 Å². The van der Waals surface area contributed by atoms with Gasteiger partial charge in [0.05, 0.1) is 63.8 Å². The lowest BCUT2D eigenvalue weighted by Gasteiger charge is -2.30. The van der Waals surface area contributed by atoms with Gasteiger partial charge >= 0.3 is 17.9 Å². The minimum atomic E-state index is -0.960. The molecule has 252 valence electrons. The SMILES string of the molecule is CCOCC(CC)(CO)COC(=O)CC=CCC(CC(=O)OCC(CC)(CO)CCO)C(=O)OCC(CC)(CO)CCO. The summed E-state index contributed by atoms with van der Waals surface area (Å²) in [5.41, 5.74) is -2.29. The van der Waals surface area contributed by atoms with Crippen molar-refractivity contribution in [2.75, 3.05) is 66.1 Å². The van der Waals surface area contributed by atoms with E-state index in [1.54, 1.807) is 6.08 Å². The van der Waals surface area contributed by atoms with Crippen LogP contribution in [-0.2, 0) is 33.3 Å². The van der Waals surface area contributed by atoms with Crippen molar-refractivity contribution in [2.45, 2.75) is 79.1 Å². The molecule has 0 aliphatic rings. The number of hydrogen-bond acceptors (Lipinski definition) is 12. The fourth-order valence-electron chi connectivity index (χ4n) is 4.25. The fraction of sp³-hybridized carbons (Fsp3) is 0.839. The van der Waals surface area contributed by atoms with Crippen molar-refractivity contribution in [1.82, 2.24) is 0 Å². The molecule has 0 aromatic carbocycles. The molecule has 0 spiro atoms. The van der Waals surface area contributed by atoms with Crippen molar-refractivity contribution < 1.29 is 58.9 Å². The maximum atomic E-state index is 13.1. The van der Waals surface area contributed by atoms with E-state index in [-0.39, 0.29) is 91.6 Å². The molecule has 0 fully saturated rings. The van der Waals surface area contributed by atoms with Gasteiger partial charge in [-0.1, -0.05) is 32.9 Å². The van der Waals surface area contributed by atoms with Crippen LogP contribution in [0, 0.1) is 22.2 Å². The van der Waals surface area contributed by atoms with Crippen LogP contribution in [0.1, 0.15) is 79.1 Å². The molecule has 4 atom stereocenters. The number of esters is 3. The Bertz CT molecular complexity index is 801. The minimum absolute atomic E-state index is 0.00525. The van der Waals surface area contributed by atoms with Crippen LogP contribution in [0.15, 0.2) is 12.2 Å². The molecule has 0 heterocycles. The Balaban J connectivity index is 5.43. The summed E-state index contributed by atoms with van der Waals surface area (Å²) in [5, 5.41) is 48.1. The molecule has 12 nitrogen and oxygen atoms in total. The number of allylic oxidation sites excluding steroid dienone is 1. The van der Waals surface area contributed by atoms with Crippen molar-refractivity contribution in [1.29, 1.82) is 0 Å². The summed E-state index contributed by atoms with van der Waals surface area (Å²) in [7, 11) is 0. The topological polar surface area (TPSA) is 189 Å². The third-order valence-corrected chi connectivity index (χ3v) is 8.37. The lowest BCUT2D eigenvalue weighted by atomic mass is 9.83. The van der Waals surface area contributed by atoms with Gasteiger partial charge in [-0.25, -0.2) is 0 Å². The molecule has 0 aliphatic carbocycles. The summed E-state index contributed by atoms with van der Waals surface area (Å²) in [6, 6.07) is 0. The first-order chi connectivity index (χ1) is 20.5. The Morgan fingerprint density at radius 1 is 0.651 bits per heavy atom. The van der Waals surface area contributed by atoms with E-state index >= 15 is 0 Å². The molecule has 4 unspecified atom stereocenters. The van der Waals surface area contributed by atoms with Gasteiger partial charge in [-0.2, -0.15) is 0 Å². The van der Waals surface area contributed by atoms with Crippen LogP contribution in [0.2, 0.25) is 0 Å². The van der Waals surface area contributed by atoms with Gasteiger partial charge < -0.3 is 44.5 Å². The summed E-state index contributed by atoms with van der Waals surface area (Å²) in [5.74, 6) is -2.87. The molecule has 0 aliphatic heterocycles. The number of ether oxygens (including phenoxy) is 4. The standard InChI is InChI=1S/C31H56O12/c1-5-29(18-34,13-15-32)22-42-27(38)17-25(28(39)43-23-30(6-2,19-35)14-16-33)11-9-10-12-26(37)41-24-31(7-3,20-36)21-40-8-4/h9-10,25,32-36H,5-8,11-24H2,1-4H3. The lowest BCUT2D eigenvalue weighted by molar-refractivity contribution is -0.160. The highest BCUT2D eigenvalue weighted by molar-refractivity contribution is 5.80. The monoisotopic (exact) mass is 620 g/mol. The fourth-order valence-corrected chi connectivity index (χ4v) is 4.25. The lowest BCUT2D eigenvalue weighted by Crippen LogP contribution is -2.36. The molecule has 0 bridgehead atoms. The molecule has 0 saturated carbocycles. The largest absolute Gasteiger partial charge is 0.465 e. The van der Waals surface area contributed by atoms with Crippen molar-refractivity contribution >= 4 is 17.9 Å². The zero-order chi connectivity index (χ0) is 32.8. The van der Waals surface area contributed by atoms with E-state index in [1.807, 2.05) is 27.7 Å². The van der Waals surface area contributed by atoms with Gasteiger partial charge in [-0.3, -0.25) is 14.4 Å². The Morgan fingerprint density at radius 3 is 1.60 bits per heavy atom. The highest BCUT2D eigenvalue weighted by Gasteiger charge is 2.33. The van der Waals surface area contributed by atoms with E-state index < -0.39 is 40.1 Å². The van der Waals surface area contributed by atoms with E-state index in [0.29, 0.717) is 25.9 Å². The number of carbonyl (C=O) groups is 3. The predicted molar refractivity (Wildman–Crippen MR) is 159 cm³/mol. The number of carbonyl (C=O) groups excluding carboxylic acids is 3. The average molecular weight is 621 g/mol. The summed E-state index contributed by atoms with van der Waals surface area (Å²) >= 11 is 0. The van der Waals surface area contributed by atoms with Gasteiger partial charge in [0, 0.05) is 30.7 Å². The molecular formula is C31H56O12. The van der Waals surface area contributed by atoms with Crippen molar-refractivity contribution in [3.63, 3.8) is 0 Å². The van der Waals surface area contributed by atoms with Gasteiger partial charge in [0.1, 0.15) is 6.61 Å². The normalized spacial score (nSPS) is 16.6. The summed E-state index contributed by atoms with van der Waals surface area (Å²) < 4.78 is 21.7. The number of aliphatic hydroxyl groups is 5. The molecule has 0 aromatic heterocycles. The first kappa shape index (κ1) is 40.9. The Kier molecular flexibility index (Phi) is 21.3.